The van der Waals surface area contributed by atoms with Crippen molar-refractivity contribution >= 4 is 5.97 Å². The summed E-state index contributed by atoms with van der Waals surface area (Å²) < 4.78 is 5.22. The number of hydrogen-bond acceptors (Lipinski definition) is 2. The molecule has 0 saturated carbocycles. The molecule has 0 spiro atoms. The van der Waals surface area contributed by atoms with Crippen molar-refractivity contribution in [3.8, 4) is 0 Å². The molecule has 1 fully saturated rings. The normalized spacial score (nSPS) is 28.7. The fourth-order valence-electron chi connectivity index (χ4n) is 1.28. The first-order valence-electron chi connectivity index (χ1n) is 3.67. The van der Waals surface area contributed by atoms with Crippen LogP contribution in [0, 0.1) is 0 Å². The predicted octanol–water partition coefficient (Wildman–Crippen LogP) is 1.20. The Labute approximate surface area is 65.7 Å². The number of aliphatic carboxylic acids is 1. The van der Waals surface area contributed by atoms with Crippen LogP contribution in [-0.4, -0.2) is 23.8 Å². The summed E-state index contributed by atoms with van der Waals surface area (Å²) >= 11 is 0. The average Bonchev–Trinajstić information content (AvgIpc) is 2.33. The van der Waals surface area contributed by atoms with Gasteiger partial charge in [0.1, 0.15) is 0 Å². The number of hydrogen-bond donors (Lipinski definition) is 1. The van der Waals surface area contributed by atoms with Crippen LogP contribution in [0.4, 0.5) is 0 Å². The van der Waals surface area contributed by atoms with Gasteiger partial charge in [0, 0.05) is 5.57 Å². The molecule has 0 aliphatic carbocycles. The minimum absolute atomic E-state index is 0.00824. The Hall–Kier alpha value is -0.830. The van der Waals surface area contributed by atoms with E-state index in [1.165, 1.54) is 0 Å². The zero-order valence-electron chi connectivity index (χ0n) is 6.76. The van der Waals surface area contributed by atoms with E-state index in [0.29, 0.717) is 12.2 Å². The molecule has 62 valence electrons. The fourth-order valence-corrected chi connectivity index (χ4v) is 1.28. The molecular formula is C8H12O3. The van der Waals surface area contributed by atoms with Gasteiger partial charge >= 0.3 is 5.97 Å². The summed E-state index contributed by atoms with van der Waals surface area (Å²) in [7, 11) is 0. The molecule has 0 aromatic carbocycles. The van der Waals surface area contributed by atoms with Crippen LogP contribution < -0.4 is 0 Å². The first-order valence-corrected chi connectivity index (χ1v) is 3.67. The van der Waals surface area contributed by atoms with Gasteiger partial charge in [-0.05, 0) is 25.8 Å². The van der Waals surface area contributed by atoms with Crippen molar-refractivity contribution in [2.75, 3.05) is 6.61 Å². The number of carbonyl (C=O) groups is 1. The van der Waals surface area contributed by atoms with Crippen LogP contribution in [-0.2, 0) is 9.53 Å². The van der Waals surface area contributed by atoms with Crippen LogP contribution in [0.5, 0.6) is 0 Å². The zero-order valence-corrected chi connectivity index (χ0v) is 6.76. The van der Waals surface area contributed by atoms with Crippen molar-refractivity contribution in [1.29, 1.82) is 0 Å². The maximum absolute atomic E-state index is 10.5. The molecule has 3 nitrogen and oxygen atoms in total. The van der Waals surface area contributed by atoms with Crippen LogP contribution >= 0.6 is 0 Å². The largest absolute Gasteiger partial charge is 0.478 e. The molecule has 0 amide bonds. The molecular weight excluding hydrogens is 144 g/mol. The van der Waals surface area contributed by atoms with Crippen LogP contribution in [0.15, 0.2) is 11.1 Å². The molecule has 1 unspecified atom stereocenters. The Morgan fingerprint density at radius 2 is 2.36 bits per heavy atom. The SMILES string of the molecule is CC(C(=O)O)=C1CCOC1C. The van der Waals surface area contributed by atoms with Gasteiger partial charge in [0.25, 0.3) is 0 Å². The molecule has 1 heterocycles. The first-order chi connectivity index (χ1) is 5.13. The average molecular weight is 156 g/mol. The summed E-state index contributed by atoms with van der Waals surface area (Å²) in [6.45, 7) is 4.17. The molecule has 3 heteroatoms. The van der Waals surface area contributed by atoms with Gasteiger partial charge in [-0.1, -0.05) is 0 Å². The third-order valence-corrected chi connectivity index (χ3v) is 2.03. The lowest BCUT2D eigenvalue weighted by atomic mass is 10.0. The number of carboxylic acids is 1. The smallest absolute Gasteiger partial charge is 0.331 e. The van der Waals surface area contributed by atoms with Crippen LogP contribution in [0.25, 0.3) is 0 Å². The van der Waals surface area contributed by atoms with E-state index in [9.17, 15) is 4.79 Å². The van der Waals surface area contributed by atoms with Gasteiger partial charge in [0.15, 0.2) is 0 Å². The summed E-state index contributed by atoms with van der Waals surface area (Å²) in [6, 6.07) is 0. The lowest BCUT2D eigenvalue weighted by Crippen LogP contribution is -2.07. The van der Waals surface area contributed by atoms with Gasteiger partial charge in [-0.15, -0.1) is 0 Å². The van der Waals surface area contributed by atoms with E-state index in [1.807, 2.05) is 6.92 Å². The van der Waals surface area contributed by atoms with Gasteiger partial charge < -0.3 is 9.84 Å². The number of ether oxygens (including phenoxy) is 1. The maximum atomic E-state index is 10.5. The summed E-state index contributed by atoms with van der Waals surface area (Å²) in [5.41, 5.74) is 1.37. The van der Waals surface area contributed by atoms with Gasteiger partial charge in [-0.25, -0.2) is 4.79 Å². The third kappa shape index (κ3) is 1.60. The Kier molecular flexibility index (Phi) is 2.29. The number of carboxylic acid groups (broad SMARTS) is 1. The van der Waals surface area contributed by atoms with Crippen molar-refractivity contribution in [1.82, 2.24) is 0 Å². The first kappa shape index (κ1) is 8.27. The minimum atomic E-state index is -0.836. The quantitative estimate of drug-likeness (QED) is 0.580. The molecule has 1 rings (SSSR count). The topological polar surface area (TPSA) is 46.5 Å². The van der Waals surface area contributed by atoms with Crippen molar-refractivity contribution in [2.45, 2.75) is 26.4 Å². The van der Waals surface area contributed by atoms with Crippen molar-refractivity contribution in [2.24, 2.45) is 0 Å². The minimum Gasteiger partial charge on any atom is -0.478 e. The highest BCUT2D eigenvalue weighted by atomic mass is 16.5. The summed E-state index contributed by atoms with van der Waals surface area (Å²) in [6.07, 6.45) is 0.755. The van der Waals surface area contributed by atoms with E-state index in [0.717, 1.165) is 12.0 Å². The van der Waals surface area contributed by atoms with E-state index in [-0.39, 0.29) is 6.10 Å². The Balaban J connectivity index is 2.85. The summed E-state index contributed by atoms with van der Waals surface area (Å²) in [4.78, 5) is 10.5. The third-order valence-electron chi connectivity index (χ3n) is 2.03. The molecule has 11 heavy (non-hydrogen) atoms. The monoisotopic (exact) mass is 156 g/mol. The predicted molar refractivity (Wildman–Crippen MR) is 40.4 cm³/mol. The van der Waals surface area contributed by atoms with E-state index in [2.05, 4.69) is 0 Å². The van der Waals surface area contributed by atoms with Crippen LogP contribution in [0.2, 0.25) is 0 Å². The molecule has 1 aliphatic rings. The van der Waals surface area contributed by atoms with Crippen molar-refractivity contribution in [3.63, 3.8) is 0 Å². The van der Waals surface area contributed by atoms with E-state index in [4.69, 9.17) is 9.84 Å². The Morgan fingerprint density at radius 1 is 1.73 bits per heavy atom. The van der Waals surface area contributed by atoms with Crippen LogP contribution in [0.1, 0.15) is 20.3 Å². The molecule has 0 bridgehead atoms. The zero-order chi connectivity index (χ0) is 8.43. The highest BCUT2D eigenvalue weighted by molar-refractivity contribution is 5.87. The second kappa shape index (κ2) is 3.05. The molecule has 0 radical (unpaired) electrons. The van der Waals surface area contributed by atoms with Gasteiger partial charge in [0.2, 0.25) is 0 Å². The van der Waals surface area contributed by atoms with Crippen LogP contribution in [0.3, 0.4) is 0 Å². The second-order valence-corrected chi connectivity index (χ2v) is 2.72. The standard InChI is InChI=1S/C8H12O3/c1-5(8(9)10)7-3-4-11-6(7)2/h6H,3-4H2,1-2H3,(H,9,10). The molecule has 0 aromatic heterocycles. The Morgan fingerprint density at radius 3 is 2.73 bits per heavy atom. The van der Waals surface area contributed by atoms with Gasteiger partial charge in [0.05, 0.1) is 12.7 Å². The lowest BCUT2D eigenvalue weighted by Gasteiger charge is -2.05. The van der Waals surface area contributed by atoms with E-state index in [1.54, 1.807) is 6.92 Å². The fraction of sp³-hybridized carbons (Fsp3) is 0.625. The summed E-state index contributed by atoms with van der Waals surface area (Å²) in [5, 5.41) is 8.65. The molecule has 1 aliphatic heterocycles. The van der Waals surface area contributed by atoms with Crippen molar-refractivity contribution < 1.29 is 14.6 Å². The Bertz CT molecular complexity index is 205. The number of rotatable bonds is 1. The van der Waals surface area contributed by atoms with Gasteiger partial charge in [-0.3, -0.25) is 0 Å². The lowest BCUT2D eigenvalue weighted by molar-refractivity contribution is -0.132. The highest BCUT2D eigenvalue weighted by Crippen LogP contribution is 2.22. The van der Waals surface area contributed by atoms with Gasteiger partial charge in [-0.2, -0.15) is 0 Å². The second-order valence-electron chi connectivity index (χ2n) is 2.72. The van der Waals surface area contributed by atoms with Crippen molar-refractivity contribution in [3.05, 3.63) is 11.1 Å². The molecule has 1 atom stereocenters. The van der Waals surface area contributed by atoms with E-state index < -0.39 is 5.97 Å². The highest BCUT2D eigenvalue weighted by Gasteiger charge is 2.21. The van der Waals surface area contributed by atoms with E-state index >= 15 is 0 Å². The molecule has 0 aromatic rings. The molecule has 1 N–H and O–H groups in total. The summed E-state index contributed by atoms with van der Waals surface area (Å²) in [5.74, 6) is -0.836. The molecule has 1 saturated heterocycles. The maximum Gasteiger partial charge on any atom is 0.331 e.